The fourth-order valence-corrected chi connectivity index (χ4v) is 3.27. The summed E-state index contributed by atoms with van der Waals surface area (Å²) >= 11 is 5.94. The fraction of sp³-hybridized carbons (Fsp3) is 0.200. The molecule has 8 heteroatoms. The molecule has 0 saturated carbocycles. The predicted octanol–water partition coefficient (Wildman–Crippen LogP) is 3.10. The van der Waals surface area contributed by atoms with Gasteiger partial charge < -0.3 is 15.1 Å². The van der Waals surface area contributed by atoms with Crippen LogP contribution in [0.5, 0.6) is 0 Å². The van der Waals surface area contributed by atoms with Crippen LogP contribution in [0.4, 0.5) is 17.5 Å². The van der Waals surface area contributed by atoms with Gasteiger partial charge in [-0.05, 0) is 36.4 Å². The maximum absolute atomic E-state index is 12.3. The summed E-state index contributed by atoms with van der Waals surface area (Å²) in [5.41, 5.74) is 1.52. The van der Waals surface area contributed by atoms with Gasteiger partial charge in [0.15, 0.2) is 0 Å². The van der Waals surface area contributed by atoms with Gasteiger partial charge in [-0.1, -0.05) is 17.7 Å². The monoisotopic (exact) mass is 394 g/mol. The van der Waals surface area contributed by atoms with Crippen molar-refractivity contribution in [2.24, 2.45) is 0 Å². The van der Waals surface area contributed by atoms with Gasteiger partial charge in [-0.25, -0.2) is 15.0 Å². The SMILES string of the molecule is O=C(Nc1ccc(N2CCN(c3ncccn3)CC2)cn1)c1cccc(Cl)c1. The zero-order chi connectivity index (χ0) is 19.3. The third kappa shape index (κ3) is 4.20. The quantitative estimate of drug-likeness (QED) is 0.733. The summed E-state index contributed by atoms with van der Waals surface area (Å²) < 4.78 is 0. The molecule has 1 N–H and O–H groups in total. The van der Waals surface area contributed by atoms with Gasteiger partial charge in [-0.3, -0.25) is 4.79 Å². The van der Waals surface area contributed by atoms with E-state index in [9.17, 15) is 4.79 Å². The van der Waals surface area contributed by atoms with Crippen molar-refractivity contribution in [1.29, 1.82) is 0 Å². The first-order valence-electron chi connectivity index (χ1n) is 8.99. The zero-order valence-electron chi connectivity index (χ0n) is 15.1. The molecule has 1 fully saturated rings. The van der Waals surface area contributed by atoms with E-state index in [0.29, 0.717) is 16.4 Å². The third-order valence-corrected chi connectivity index (χ3v) is 4.79. The van der Waals surface area contributed by atoms with Crippen molar-refractivity contribution in [3.63, 3.8) is 0 Å². The highest BCUT2D eigenvalue weighted by Crippen LogP contribution is 2.19. The summed E-state index contributed by atoms with van der Waals surface area (Å²) in [5.74, 6) is 1.03. The van der Waals surface area contributed by atoms with Crippen LogP contribution in [0.3, 0.4) is 0 Å². The third-order valence-electron chi connectivity index (χ3n) is 4.56. The highest BCUT2D eigenvalue weighted by Gasteiger charge is 2.19. The van der Waals surface area contributed by atoms with Crippen molar-refractivity contribution in [3.8, 4) is 0 Å². The summed E-state index contributed by atoms with van der Waals surface area (Å²) in [4.78, 5) is 29.7. The molecule has 28 heavy (non-hydrogen) atoms. The second kappa shape index (κ2) is 8.22. The Balaban J connectivity index is 1.35. The average Bonchev–Trinajstić information content (AvgIpc) is 2.75. The van der Waals surface area contributed by atoms with Crippen molar-refractivity contribution in [3.05, 3.63) is 71.6 Å². The van der Waals surface area contributed by atoms with Gasteiger partial charge >= 0.3 is 0 Å². The predicted molar refractivity (Wildman–Crippen MR) is 110 cm³/mol. The molecule has 2 aromatic heterocycles. The number of rotatable bonds is 4. The van der Waals surface area contributed by atoms with Crippen LogP contribution < -0.4 is 15.1 Å². The topological polar surface area (TPSA) is 74.2 Å². The number of amides is 1. The van der Waals surface area contributed by atoms with Crippen LogP contribution in [-0.4, -0.2) is 47.0 Å². The molecule has 1 saturated heterocycles. The van der Waals surface area contributed by atoms with E-state index in [1.165, 1.54) is 0 Å². The number of halogens is 1. The standard InChI is InChI=1S/C20H19ClN6O/c21-16-4-1-3-15(13-16)19(28)25-18-6-5-17(14-24-18)26-9-11-27(12-10-26)20-22-7-2-8-23-20/h1-8,13-14H,9-12H2,(H,24,25,28). The molecule has 0 radical (unpaired) electrons. The molecule has 3 heterocycles. The van der Waals surface area contributed by atoms with E-state index < -0.39 is 0 Å². The molecule has 7 nitrogen and oxygen atoms in total. The number of benzene rings is 1. The van der Waals surface area contributed by atoms with E-state index in [4.69, 9.17) is 11.6 Å². The summed E-state index contributed by atoms with van der Waals surface area (Å²) in [6.07, 6.45) is 5.30. The molecular weight excluding hydrogens is 376 g/mol. The first-order chi connectivity index (χ1) is 13.7. The van der Waals surface area contributed by atoms with Crippen LogP contribution in [0.25, 0.3) is 0 Å². The Morgan fingerprint density at radius 2 is 1.68 bits per heavy atom. The van der Waals surface area contributed by atoms with Gasteiger partial charge in [-0.15, -0.1) is 0 Å². The van der Waals surface area contributed by atoms with Crippen molar-refractivity contribution in [1.82, 2.24) is 15.0 Å². The van der Waals surface area contributed by atoms with E-state index in [1.54, 1.807) is 42.9 Å². The lowest BCUT2D eigenvalue weighted by Gasteiger charge is -2.35. The Hall–Kier alpha value is -3.19. The van der Waals surface area contributed by atoms with Gasteiger partial charge in [0.2, 0.25) is 5.95 Å². The van der Waals surface area contributed by atoms with E-state index in [-0.39, 0.29) is 5.91 Å². The number of nitrogens with zero attached hydrogens (tertiary/aromatic N) is 5. The minimum absolute atomic E-state index is 0.237. The van der Waals surface area contributed by atoms with Crippen LogP contribution >= 0.6 is 11.6 Å². The first-order valence-corrected chi connectivity index (χ1v) is 9.37. The Morgan fingerprint density at radius 1 is 0.929 bits per heavy atom. The number of pyridine rings is 1. The molecule has 0 bridgehead atoms. The summed E-state index contributed by atoms with van der Waals surface area (Å²) in [7, 11) is 0. The number of piperazine rings is 1. The number of carbonyl (C=O) groups is 1. The maximum Gasteiger partial charge on any atom is 0.256 e. The minimum Gasteiger partial charge on any atom is -0.367 e. The normalized spacial score (nSPS) is 14.0. The van der Waals surface area contributed by atoms with Crippen molar-refractivity contribution < 1.29 is 4.79 Å². The largest absolute Gasteiger partial charge is 0.367 e. The van der Waals surface area contributed by atoms with E-state index >= 15 is 0 Å². The second-order valence-corrected chi connectivity index (χ2v) is 6.83. The fourth-order valence-electron chi connectivity index (χ4n) is 3.08. The van der Waals surface area contributed by atoms with Crippen LogP contribution in [-0.2, 0) is 0 Å². The highest BCUT2D eigenvalue weighted by atomic mass is 35.5. The summed E-state index contributed by atoms with van der Waals surface area (Å²) in [6.45, 7) is 3.40. The number of aromatic nitrogens is 3. The van der Waals surface area contributed by atoms with E-state index in [1.807, 2.05) is 18.2 Å². The zero-order valence-corrected chi connectivity index (χ0v) is 15.9. The van der Waals surface area contributed by atoms with E-state index in [2.05, 4.69) is 30.1 Å². The molecule has 0 spiro atoms. The van der Waals surface area contributed by atoms with E-state index in [0.717, 1.165) is 37.8 Å². The molecule has 3 aromatic rings. The minimum atomic E-state index is -0.237. The Kier molecular flexibility index (Phi) is 5.34. The number of anilines is 3. The van der Waals surface area contributed by atoms with Crippen molar-refractivity contribution >= 4 is 35.0 Å². The number of carbonyl (C=O) groups excluding carboxylic acids is 1. The van der Waals surface area contributed by atoms with Gasteiger partial charge in [-0.2, -0.15) is 0 Å². The smallest absolute Gasteiger partial charge is 0.256 e. The molecule has 4 rings (SSSR count). The lowest BCUT2D eigenvalue weighted by molar-refractivity contribution is 0.102. The van der Waals surface area contributed by atoms with Crippen LogP contribution in [0.2, 0.25) is 5.02 Å². The summed E-state index contributed by atoms with van der Waals surface area (Å²) in [5, 5.41) is 3.32. The Labute approximate surface area is 168 Å². The van der Waals surface area contributed by atoms with Gasteiger partial charge in [0, 0.05) is 49.2 Å². The lowest BCUT2D eigenvalue weighted by atomic mass is 10.2. The summed E-state index contributed by atoms with van der Waals surface area (Å²) in [6, 6.07) is 12.4. The Morgan fingerprint density at radius 3 is 2.36 bits per heavy atom. The molecule has 1 aliphatic rings. The average molecular weight is 395 g/mol. The molecule has 142 valence electrons. The molecule has 1 aromatic carbocycles. The molecule has 0 aliphatic carbocycles. The lowest BCUT2D eigenvalue weighted by Crippen LogP contribution is -2.47. The molecule has 1 aliphatic heterocycles. The highest BCUT2D eigenvalue weighted by molar-refractivity contribution is 6.31. The van der Waals surface area contributed by atoms with Crippen LogP contribution in [0.1, 0.15) is 10.4 Å². The number of hydrogen-bond acceptors (Lipinski definition) is 6. The van der Waals surface area contributed by atoms with Gasteiger partial charge in [0.25, 0.3) is 5.91 Å². The molecular formula is C20H19ClN6O. The van der Waals surface area contributed by atoms with Crippen LogP contribution in [0.15, 0.2) is 61.1 Å². The molecule has 0 atom stereocenters. The molecule has 1 amide bonds. The van der Waals surface area contributed by atoms with Crippen molar-refractivity contribution in [2.75, 3.05) is 41.3 Å². The number of nitrogens with one attached hydrogen (secondary N) is 1. The van der Waals surface area contributed by atoms with Gasteiger partial charge in [0.05, 0.1) is 11.9 Å². The molecule has 0 unspecified atom stereocenters. The number of hydrogen-bond donors (Lipinski definition) is 1. The van der Waals surface area contributed by atoms with Crippen molar-refractivity contribution in [2.45, 2.75) is 0 Å². The van der Waals surface area contributed by atoms with Crippen LogP contribution in [0, 0.1) is 0 Å². The first kappa shape index (κ1) is 18.2. The second-order valence-electron chi connectivity index (χ2n) is 6.39. The Bertz CT molecular complexity index is 942. The maximum atomic E-state index is 12.3. The van der Waals surface area contributed by atoms with Gasteiger partial charge in [0.1, 0.15) is 5.82 Å².